The summed E-state index contributed by atoms with van der Waals surface area (Å²) in [5, 5.41) is 1.06. The van der Waals surface area contributed by atoms with Crippen LogP contribution in [-0.2, 0) is 0 Å². The molecule has 1 aromatic carbocycles. The van der Waals surface area contributed by atoms with Crippen LogP contribution in [0.2, 0.25) is 0 Å². The molecular weight excluding hydrogens is 238 g/mol. The molecule has 3 N–H and O–H groups in total. The van der Waals surface area contributed by atoms with Crippen LogP contribution in [0.4, 0.5) is 0 Å². The highest BCUT2D eigenvalue weighted by Gasteiger charge is 2.35. The Balaban J connectivity index is 1.85. The minimum Gasteiger partial charge on any atom is -0.351 e. The summed E-state index contributed by atoms with van der Waals surface area (Å²) in [5.41, 5.74) is 7.44. The van der Waals surface area contributed by atoms with Crippen molar-refractivity contribution in [2.45, 2.75) is 18.9 Å². The predicted octanol–water partition coefficient (Wildman–Crippen LogP) is 1.98. The molecule has 4 nitrogen and oxygen atoms in total. The molecule has 0 aliphatic heterocycles. The van der Waals surface area contributed by atoms with Gasteiger partial charge in [0, 0.05) is 30.5 Å². The summed E-state index contributed by atoms with van der Waals surface area (Å²) >= 11 is 0. The molecule has 1 unspecified atom stereocenters. The molecule has 1 aliphatic carbocycles. The van der Waals surface area contributed by atoms with Gasteiger partial charge in [0.05, 0.1) is 0 Å². The molecule has 1 aromatic heterocycles. The van der Waals surface area contributed by atoms with E-state index in [1.165, 1.54) is 12.8 Å². The Hall–Kier alpha value is -1.81. The largest absolute Gasteiger partial charge is 0.351 e. The number of aromatic nitrogens is 1. The number of likely N-dealkylation sites (N-methyl/N-ethyl adjacent to an activating group) is 1. The van der Waals surface area contributed by atoms with Gasteiger partial charge in [-0.2, -0.15) is 0 Å². The maximum atomic E-state index is 12.5. The summed E-state index contributed by atoms with van der Waals surface area (Å²) in [6, 6.07) is 10.00. The number of nitrogens with zero attached hydrogens (tertiary/aromatic N) is 1. The van der Waals surface area contributed by atoms with Gasteiger partial charge in [0.25, 0.3) is 5.91 Å². The van der Waals surface area contributed by atoms with E-state index in [1.807, 2.05) is 37.4 Å². The molecule has 1 amide bonds. The number of carbonyl (C=O) groups is 1. The van der Waals surface area contributed by atoms with Crippen LogP contribution in [0, 0.1) is 5.92 Å². The highest BCUT2D eigenvalue weighted by atomic mass is 16.2. The van der Waals surface area contributed by atoms with Gasteiger partial charge in [0.15, 0.2) is 0 Å². The second-order valence-electron chi connectivity index (χ2n) is 5.33. The quantitative estimate of drug-likeness (QED) is 0.879. The Kier molecular flexibility index (Phi) is 3.03. The Bertz CT molecular complexity index is 567. The standard InChI is InChI=1S/C15H19N3O/c1-18(14(9-16)10-6-7-10)15(19)13-8-11-4-2-3-5-12(11)17-13/h2-5,8,10,14,17H,6-7,9,16H2,1H3. The highest BCUT2D eigenvalue weighted by molar-refractivity contribution is 5.98. The Labute approximate surface area is 112 Å². The van der Waals surface area contributed by atoms with Crippen LogP contribution in [0.3, 0.4) is 0 Å². The first-order chi connectivity index (χ1) is 9.20. The second-order valence-corrected chi connectivity index (χ2v) is 5.33. The fourth-order valence-corrected chi connectivity index (χ4v) is 2.68. The zero-order chi connectivity index (χ0) is 13.4. The van der Waals surface area contributed by atoms with Gasteiger partial charge in [-0.1, -0.05) is 18.2 Å². The number of aromatic amines is 1. The van der Waals surface area contributed by atoms with Crippen molar-refractivity contribution < 1.29 is 4.79 Å². The van der Waals surface area contributed by atoms with E-state index < -0.39 is 0 Å². The van der Waals surface area contributed by atoms with E-state index >= 15 is 0 Å². The van der Waals surface area contributed by atoms with Crippen LogP contribution in [0.25, 0.3) is 10.9 Å². The van der Waals surface area contributed by atoms with E-state index in [9.17, 15) is 4.79 Å². The molecule has 4 heteroatoms. The molecule has 0 saturated heterocycles. The first kappa shape index (κ1) is 12.2. The molecule has 19 heavy (non-hydrogen) atoms. The topological polar surface area (TPSA) is 62.1 Å². The average Bonchev–Trinajstić information content (AvgIpc) is 3.16. The van der Waals surface area contributed by atoms with Crippen LogP contribution in [0.15, 0.2) is 30.3 Å². The smallest absolute Gasteiger partial charge is 0.270 e. The number of nitrogens with two attached hydrogens (primary N) is 1. The monoisotopic (exact) mass is 257 g/mol. The van der Waals surface area contributed by atoms with Crippen molar-refractivity contribution in [2.75, 3.05) is 13.6 Å². The molecule has 0 bridgehead atoms. The van der Waals surface area contributed by atoms with Crippen molar-refractivity contribution in [3.05, 3.63) is 36.0 Å². The zero-order valence-electron chi connectivity index (χ0n) is 11.1. The summed E-state index contributed by atoms with van der Waals surface area (Å²) in [5.74, 6) is 0.613. The number of fused-ring (bicyclic) bond motifs is 1. The van der Waals surface area contributed by atoms with Gasteiger partial charge in [-0.3, -0.25) is 4.79 Å². The van der Waals surface area contributed by atoms with Crippen LogP contribution in [0.1, 0.15) is 23.3 Å². The van der Waals surface area contributed by atoms with E-state index in [0.717, 1.165) is 10.9 Å². The van der Waals surface area contributed by atoms with Crippen molar-refractivity contribution in [3.63, 3.8) is 0 Å². The Morgan fingerprint density at radius 3 is 2.84 bits per heavy atom. The molecule has 2 aromatic rings. The second kappa shape index (κ2) is 4.70. The number of benzene rings is 1. The molecule has 1 saturated carbocycles. The fraction of sp³-hybridized carbons (Fsp3) is 0.400. The lowest BCUT2D eigenvalue weighted by Gasteiger charge is -2.26. The van der Waals surface area contributed by atoms with Crippen molar-refractivity contribution >= 4 is 16.8 Å². The molecule has 0 radical (unpaired) electrons. The Morgan fingerprint density at radius 2 is 2.21 bits per heavy atom. The fourth-order valence-electron chi connectivity index (χ4n) is 2.68. The lowest BCUT2D eigenvalue weighted by Crippen LogP contribution is -2.43. The molecular formula is C15H19N3O. The minimum atomic E-state index is 0.0264. The van der Waals surface area contributed by atoms with Crippen LogP contribution >= 0.6 is 0 Å². The van der Waals surface area contributed by atoms with Crippen LogP contribution in [0.5, 0.6) is 0 Å². The van der Waals surface area contributed by atoms with Crippen molar-refractivity contribution in [3.8, 4) is 0 Å². The summed E-state index contributed by atoms with van der Waals surface area (Å²) in [6.07, 6.45) is 2.37. The first-order valence-electron chi connectivity index (χ1n) is 6.75. The van der Waals surface area contributed by atoms with Crippen molar-refractivity contribution in [2.24, 2.45) is 11.7 Å². The lowest BCUT2D eigenvalue weighted by atomic mass is 10.1. The van der Waals surface area contributed by atoms with E-state index in [-0.39, 0.29) is 11.9 Å². The van der Waals surface area contributed by atoms with Crippen molar-refractivity contribution in [1.29, 1.82) is 0 Å². The molecule has 100 valence electrons. The third-order valence-electron chi connectivity index (χ3n) is 3.99. The number of para-hydroxylation sites is 1. The molecule has 1 fully saturated rings. The molecule has 1 aliphatic rings. The zero-order valence-corrected chi connectivity index (χ0v) is 11.1. The first-order valence-corrected chi connectivity index (χ1v) is 6.75. The van der Waals surface area contributed by atoms with E-state index in [4.69, 9.17) is 5.73 Å². The normalized spacial score (nSPS) is 16.5. The van der Waals surface area contributed by atoms with Gasteiger partial charge >= 0.3 is 0 Å². The summed E-state index contributed by atoms with van der Waals surface area (Å²) in [7, 11) is 1.85. The number of hydrogen-bond donors (Lipinski definition) is 2. The van der Waals surface area contributed by atoms with E-state index in [2.05, 4.69) is 4.98 Å². The number of H-pyrrole nitrogens is 1. The van der Waals surface area contributed by atoms with Gasteiger partial charge in [-0.05, 0) is 30.9 Å². The van der Waals surface area contributed by atoms with Crippen LogP contribution in [-0.4, -0.2) is 35.4 Å². The van der Waals surface area contributed by atoms with Gasteiger partial charge in [-0.25, -0.2) is 0 Å². The average molecular weight is 257 g/mol. The predicted molar refractivity (Wildman–Crippen MR) is 76.0 cm³/mol. The summed E-state index contributed by atoms with van der Waals surface area (Å²) in [6.45, 7) is 0.535. The third-order valence-corrected chi connectivity index (χ3v) is 3.99. The van der Waals surface area contributed by atoms with E-state index in [1.54, 1.807) is 4.90 Å². The van der Waals surface area contributed by atoms with E-state index in [0.29, 0.717) is 18.2 Å². The summed E-state index contributed by atoms with van der Waals surface area (Å²) < 4.78 is 0. The van der Waals surface area contributed by atoms with Crippen LogP contribution < -0.4 is 5.73 Å². The molecule has 3 rings (SSSR count). The van der Waals surface area contributed by atoms with Gasteiger partial charge < -0.3 is 15.6 Å². The summed E-state index contributed by atoms with van der Waals surface area (Å²) in [4.78, 5) is 17.5. The molecule has 0 spiro atoms. The number of amides is 1. The SMILES string of the molecule is CN(C(=O)c1cc2ccccc2[nH]1)C(CN)C1CC1. The number of nitrogens with one attached hydrogen (secondary N) is 1. The Morgan fingerprint density at radius 1 is 1.47 bits per heavy atom. The molecule has 1 atom stereocenters. The maximum Gasteiger partial charge on any atom is 0.270 e. The van der Waals surface area contributed by atoms with Crippen molar-refractivity contribution in [1.82, 2.24) is 9.88 Å². The number of rotatable bonds is 4. The molecule has 1 heterocycles. The van der Waals surface area contributed by atoms with Gasteiger partial charge in [0.2, 0.25) is 0 Å². The van der Waals surface area contributed by atoms with Gasteiger partial charge in [0.1, 0.15) is 5.69 Å². The number of carbonyl (C=O) groups excluding carboxylic acids is 1. The highest BCUT2D eigenvalue weighted by Crippen LogP contribution is 2.35. The number of hydrogen-bond acceptors (Lipinski definition) is 2. The maximum absolute atomic E-state index is 12.5. The lowest BCUT2D eigenvalue weighted by molar-refractivity contribution is 0.0713. The van der Waals surface area contributed by atoms with Gasteiger partial charge in [-0.15, -0.1) is 0 Å². The third kappa shape index (κ3) is 2.24. The minimum absolute atomic E-state index is 0.0264.